The lowest BCUT2D eigenvalue weighted by Crippen LogP contribution is -2.32. The molecule has 0 spiro atoms. The molecule has 0 atom stereocenters. The highest BCUT2D eigenvalue weighted by atomic mass is 79.9. The summed E-state index contributed by atoms with van der Waals surface area (Å²) in [6.07, 6.45) is -4.09. The largest absolute Gasteiger partial charge is 0.478 e. The van der Waals surface area contributed by atoms with Gasteiger partial charge in [-0.1, -0.05) is 30.3 Å². The molecule has 2 aromatic carbocycles. The zero-order valence-electron chi connectivity index (χ0n) is 15.5. The molecule has 0 saturated carbocycles. The summed E-state index contributed by atoms with van der Waals surface area (Å²) in [5, 5.41) is 9.02. The van der Waals surface area contributed by atoms with Crippen molar-refractivity contribution in [1.29, 1.82) is 0 Å². The van der Waals surface area contributed by atoms with Gasteiger partial charge in [0.05, 0.1) is 27.0 Å². The normalized spacial score (nSPS) is 11.9. The number of hydrogen-bond acceptors (Lipinski definition) is 4. The Morgan fingerprint density at radius 2 is 1.68 bits per heavy atom. The number of aromatic nitrogens is 1. The second-order valence-corrected chi connectivity index (χ2v) is 9.07. The third kappa shape index (κ3) is 5.05. The first-order chi connectivity index (χ1) is 14.5. The molecule has 1 aromatic heterocycles. The van der Waals surface area contributed by atoms with Crippen LogP contribution in [0.1, 0.15) is 21.5 Å². The third-order valence-corrected chi connectivity index (χ3v) is 6.58. The maximum Gasteiger partial charge on any atom is 0.417 e. The highest BCUT2D eigenvalue weighted by molar-refractivity contribution is 9.10. The predicted molar refractivity (Wildman–Crippen MR) is 110 cm³/mol. The summed E-state index contributed by atoms with van der Waals surface area (Å²) in [5.41, 5.74) is -0.574. The van der Waals surface area contributed by atoms with E-state index in [1.807, 2.05) is 0 Å². The van der Waals surface area contributed by atoms with Gasteiger partial charge in [0.25, 0.3) is 10.0 Å². The first-order valence-electron chi connectivity index (χ1n) is 8.63. The minimum atomic E-state index is -4.65. The Kier molecular flexibility index (Phi) is 6.37. The van der Waals surface area contributed by atoms with Crippen LogP contribution in [0.15, 0.2) is 76.2 Å². The van der Waals surface area contributed by atoms with Crippen molar-refractivity contribution in [2.24, 2.45) is 0 Å². The van der Waals surface area contributed by atoms with E-state index in [9.17, 15) is 26.4 Å². The van der Waals surface area contributed by atoms with Crippen LogP contribution < -0.4 is 4.31 Å². The van der Waals surface area contributed by atoms with E-state index in [0.717, 1.165) is 34.6 Å². The summed E-state index contributed by atoms with van der Waals surface area (Å²) in [7, 11) is -4.30. The van der Waals surface area contributed by atoms with Crippen LogP contribution in [-0.2, 0) is 22.7 Å². The average molecular weight is 515 g/mol. The molecule has 0 saturated heterocycles. The fourth-order valence-corrected chi connectivity index (χ4v) is 4.80. The molecule has 0 bridgehead atoms. The fraction of sp³-hybridized carbons (Fsp3) is 0.100. The molecule has 0 radical (unpaired) electrons. The molecule has 162 valence electrons. The van der Waals surface area contributed by atoms with Gasteiger partial charge >= 0.3 is 12.1 Å². The summed E-state index contributed by atoms with van der Waals surface area (Å²) in [4.78, 5) is 14.6. The number of carboxylic acids is 1. The van der Waals surface area contributed by atoms with E-state index in [4.69, 9.17) is 5.11 Å². The van der Waals surface area contributed by atoms with Gasteiger partial charge in [-0.3, -0.25) is 0 Å². The third-order valence-electron chi connectivity index (χ3n) is 4.24. The quantitative estimate of drug-likeness (QED) is 0.502. The lowest BCUT2D eigenvalue weighted by molar-refractivity contribution is -0.137. The lowest BCUT2D eigenvalue weighted by Gasteiger charge is -2.25. The van der Waals surface area contributed by atoms with Crippen LogP contribution in [0.25, 0.3) is 0 Å². The first kappa shape index (κ1) is 22.8. The molecule has 3 aromatic rings. The monoisotopic (exact) mass is 514 g/mol. The van der Waals surface area contributed by atoms with E-state index in [2.05, 4.69) is 20.9 Å². The van der Waals surface area contributed by atoms with Gasteiger partial charge in [0.2, 0.25) is 0 Å². The van der Waals surface area contributed by atoms with Crippen LogP contribution in [0.3, 0.4) is 0 Å². The predicted octanol–water partition coefficient (Wildman–Crippen LogP) is 4.96. The van der Waals surface area contributed by atoms with E-state index >= 15 is 0 Å². The van der Waals surface area contributed by atoms with Gasteiger partial charge in [-0.05, 0) is 51.8 Å². The fourth-order valence-electron chi connectivity index (χ4n) is 2.69. The minimum absolute atomic E-state index is 0.109. The summed E-state index contributed by atoms with van der Waals surface area (Å²) in [6, 6.07) is 13.7. The minimum Gasteiger partial charge on any atom is -0.478 e. The molecule has 6 nitrogen and oxygen atoms in total. The number of alkyl halides is 3. The highest BCUT2D eigenvalue weighted by Crippen LogP contribution is 2.36. The number of nitrogens with zero attached hydrogens (tertiary/aromatic N) is 2. The van der Waals surface area contributed by atoms with Crippen LogP contribution >= 0.6 is 15.9 Å². The van der Waals surface area contributed by atoms with Gasteiger partial charge < -0.3 is 5.11 Å². The molecule has 0 unspecified atom stereocenters. The molecule has 3 rings (SSSR count). The van der Waals surface area contributed by atoms with E-state index < -0.39 is 27.7 Å². The van der Waals surface area contributed by atoms with Crippen molar-refractivity contribution >= 4 is 37.7 Å². The molecule has 0 fully saturated rings. The maximum absolute atomic E-state index is 13.3. The zero-order chi connectivity index (χ0) is 22.8. The number of sulfonamides is 1. The standard InChI is InChI=1S/C20H14BrF3N2O4S/c21-17-10-15(20(22,23)24)11-25-18(17)26(12-13-4-2-1-3-5-13)31(29,30)16-8-6-14(7-9-16)19(27)28/h1-11H,12H2,(H,27,28). The van der Waals surface area contributed by atoms with E-state index in [-0.39, 0.29) is 27.3 Å². The van der Waals surface area contributed by atoms with Crippen LogP contribution in [-0.4, -0.2) is 24.5 Å². The van der Waals surface area contributed by atoms with Crippen molar-refractivity contribution in [3.63, 3.8) is 0 Å². The van der Waals surface area contributed by atoms with Crippen molar-refractivity contribution in [3.05, 3.63) is 88.0 Å². The van der Waals surface area contributed by atoms with Gasteiger partial charge in [-0.15, -0.1) is 0 Å². The second kappa shape index (κ2) is 8.67. The summed E-state index contributed by atoms with van der Waals surface area (Å²) in [6.45, 7) is -0.208. The number of hydrogen-bond donors (Lipinski definition) is 1. The summed E-state index contributed by atoms with van der Waals surface area (Å²) >= 11 is 3.00. The number of carbonyl (C=O) groups is 1. The molecule has 31 heavy (non-hydrogen) atoms. The summed E-state index contributed by atoms with van der Waals surface area (Å²) < 4.78 is 66.4. The van der Waals surface area contributed by atoms with E-state index in [1.165, 1.54) is 0 Å². The lowest BCUT2D eigenvalue weighted by atomic mass is 10.2. The Hall–Kier alpha value is -2.92. The van der Waals surface area contributed by atoms with Gasteiger partial charge in [0.15, 0.2) is 5.82 Å². The molecule has 0 aliphatic carbocycles. The molecule has 0 aliphatic rings. The Balaban J connectivity index is 2.11. The van der Waals surface area contributed by atoms with E-state index in [1.54, 1.807) is 30.3 Å². The number of pyridine rings is 1. The van der Waals surface area contributed by atoms with Gasteiger partial charge in [0.1, 0.15) is 0 Å². The van der Waals surface area contributed by atoms with Gasteiger partial charge in [-0.2, -0.15) is 13.2 Å². The second-order valence-electron chi connectivity index (χ2n) is 6.35. The smallest absolute Gasteiger partial charge is 0.417 e. The average Bonchev–Trinajstić information content (AvgIpc) is 2.72. The van der Waals surface area contributed by atoms with Gasteiger partial charge in [-0.25, -0.2) is 22.5 Å². The van der Waals surface area contributed by atoms with Crippen molar-refractivity contribution in [1.82, 2.24) is 4.98 Å². The van der Waals surface area contributed by atoms with Crippen molar-refractivity contribution < 1.29 is 31.5 Å². The number of rotatable bonds is 6. The highest BCUT2D eigenvalue weighted by Gasteiger charge is 2.34. The van der Waals surface area contributed by atoms with Crippen molar-refractivity contribution in [2.45, 2.75) is 17.6 Å². The van der Waals surface area contributed by atoms with Gasteiger partial charge in [0, 0.05) is 6.20 Å². The number of carboxylic acid groups (broad SMARTS) is 1. The number of benzene rings is 2. The molecular formula is C20H14BrF3N2O4S. The Bertz CT molecular complexity index is 1200. The van der Waals surface area contributed by atoms with Crippen LogP contribution in [0, 0.1) is 0 Å². The SMILES string of the molecule is O=C(O)c1ccc(S(=O)(=O)N(Cc2ccccc2)c2ncc(C(F)(F)F)cc2Br)cc1. The van der Waals surface area contributed by atoms with Crippen LogP contribution in [0.5, 0.6) is 0 Å². The molecule has 0 amide bonds. The molecule has 11 heteroatoms. The first-order valence-corrected chi connectivity index (χ1v) is 10.9. The Labute approximate surface area is 184 Å². The van der Waals surface area contributed by atoms with Crippen molar-refractivity contribution in [2.75, 3.05) is 4.31 Å². The van der Waals surface area contributed by atoms with Crippen LogP contribution in [0.4, 0.5) is 19.0 Å². The number of aromatic carboxylic acids is 1. The topological polar surface area (TPSA) is 87.6 Å². The number of anilines is 1. The zero-order valence-corrected chi connectivity index (χ0v) is 17.9. The molecular weight excluding hydrogens is 501 g/mol. The Morgan fingerprint density at radius 3 is 2.19 bits per heavy atom. The maximum atomic E-state index is 13.3. The molecule has 1 N–H and O–H groups in total. The van der Waals surface area contributed by atoms with Crippen LogP contribution in [0.2, 0.25) is 0 Å². The number of halogens is 4. The Morgan fingerprint density at radius 1 is 1.06 bits per heavy atom. The van der Waals surface area contributed by atoms with Crippen molar-refractivity contribution in [3.8, 4) is 0 Å². The molecule has 1 heterocycles. The molecule has 0 aliphatic heterocycles. The van der Waals surface area contributed by atoms with E-state index in [0.29, 0.717) is 11.8 Å². The summed E-state index contributed by atoms with van der Waals surface area (Å²) in [5.74, 6) is -1.46.